The van der Waals surface area contributed by atoms with Crippen LogP contribution in [0.5, 0.6) is 0 Å². The molecule has 2 heterocycles. The largest absolute Gasteiger partial charge is 0.423 e. The van der Waals surface area contributed by atoms with Crippen LogP contribution >= 0.6 is 0 Å². The van der Waals surface area contributed by atoms with E-state index in [1.165, 1.54) is 22.5 Å². The van der Waals surface area contributed by atoms with Crippen LogP contribution in [-0.4, -0.2) is 30.8 Å². The number of rotatable bonds is 4. The van der Waals surface area contributed by atoms with Gasteiger partial charge < -0.3 is 9.73 Å². The third-order valence-electron chi connectivity index (χ3n) is 4.59. The Labute approximate surface area is 159 Å². The molecule has 0 unspecified atom stereocenters. The van der Waals surface area contributed by atoms with Crippen molar-refractivity contribution in [1.29, 1.82) is 0 Å². The Morgan fingerprint density at radius 3 is 2.50 bits per heavy atom. The molecule has 1 aromatic heterocycles. The quantitative estimate of drug-likeness (QED) is 0.653. The van der Waals surface area contributed by atoms with Gasteiger partial charge in [-0.2, -0.15) is 9.29 Å². The zero-order chi connectivity index (χ0) is 19.9. The number of fused-ring (bicyclic) bond motifs is 1. The molecule has 0 aliphatic carbocycles. The summed E-state index contributed by atoms with van der Waals surface area (Å²) in [5, 5.41) is 2.43. The van der Waals surface area contributed by atoms with Crippen molar-refractivity contribution in [3.05, 3.63) is 47.8 Å². The Morgan fingerprint density at radius 1 is 1.00 bits per heavy atom. The number of aromatic nitrogens is 1. The minimum Gasteiger partial charge on any atom is -0.423 e. The Hall–Kier alpha value is -2.59. The zero-order valence-electron chi connectivity index (χ0n) is 14.6. The van der Waals surface area contributed by atoms with Gasteiger partial charge in [-0.3, -0.25) is 0 Å². The summed E-state index contributed by atoms with van der Waals surface area (Å²) in [5.41, 5.74) is 0.151. The first kappa shape index (κ1) is 18.8. The fourth-order valence-electron chi connectivity index (χ4n) is 3.11. The Balaban J connectivity index is 1.64. The fourth-order valence-corrected chi connectivity index (χ4v) is 4.65. The smallest absolute Gasteiger partial charge is 0.300 e. The second-order valence-electron chi connectivity index (χ2n) is 6.46. The molecule has 2 aromatic carbocycles. The van der Waals surface area contributed by atoms with Crippen molar-refractivity contribution < 1.29 is 26.0 Å². The van der Waals surface area contributed by atoms with Gasteiger partial charge in [0.15, 0.2) is 23.0 Å². The average molecular weight is 411 g/mol. The fraction of sp³-hybridized carbons (Fsp3) is 0.278. The molecule has 28 heavy (non-hydrogen) atoms. The predicted molar refractivity (Wildman–Crippen MR) is 96.2 cm³/mol. The molecule has 0 saturated carbocycles. The number of nitrogens with one attached hydrogen (secondary N) is 1. The van der Waals surface area contributed by atoms with Crippen LogP contribution < -0.4 is 5.32 Å². The van der Waals surface area contributed by atoms with Gasteiger partial charge in [-0.1, -0.05) is 6.42 Å². The summed E-state index contributed by atoms with van der Waals surface area (Å²) in [7, 11) is -3.64. The van der Waals surface area contributed by atoms with E-state index in [-0.39, 0.29) is 27.7 Å². The number of nitrogens with zero attached hydrogens (tertiary/aromatic N) is 2. The maximum absolute atomic E-state index is 13.8. The number of oxazole rings is 1. The first-order valence-corrected chi connectivity index (χ1v) is 10.1. The van der Waals surface area contributed by atoms with E-state index in [1.54, 1.807) is 0 Å². The highest BCUT2D eigenvalue weighted by Crippen LogP contribution is 2.28. The molecule has 1 fully saturated rings. The monoisotopic (exact) mass is 411 g/mol. The van der Waals surface area contributed by atoms with E-state index in [0.29, 0.717) is 13.1 Å². The van der Waals surface area contributed by atoms with E-state index in [2.05, 4.69) is 10.3 Å². The standard InChI is InChI=1S/C18H16F3N3O3S/c19-12-5-6-13(17(21)16(12)20)22-18-23-14-10-11(4-7-15(14)27-18)28(25,26)24-8-2-1-3-9-24/h4-7,10H,1-3,8-9H2,(H,22,23). The lowest BCUT2D eigenvalue weighted by molar-refractivity contribution is 0.346. The zero-order valence-corrected chi connectivity index (χ0v) is 15.4. The van der Waals surface area contributed by atoms with Gasteiger partial charge >= 0.3 is 0 Å². The SMILES string of the molecule is O=S(=O)(c1ccc2oc(Nc3ccc(F)c(F)c3F)nc2c1)N1CCCCC1. The molecule has 1 aliphatic heterocycles. The first-order chi connectivity index (χ1) is 13.4. The number of anilines is 2. The van der Waals surface area contributed by atoms with Crippen molar-refractivity contribution in [3.63, 3.8) is 0 Å². The van der Waals surface area contributed by atoms with Crippen LogP contribution in [0.15, 0.2) is 39.6 Å². The third kappa shape index (κ3) is 3.33. The third-order valence-corrected chi connectivity index (χ3v) is 6.48. The highest BCUT2D eigenvalue weighted by molar-refractivity contribution is 7.89. The minimum absolute atomic E-state index is 0.0840. The summed E-state index contributed by atoms with van der Waals surface area (Å²) in [6.45, 7) is 0.947. The van der Waals surface area contributed by atoms with Crippen LogP contribution in [0, 0.1) is 17.5 Å². The van der Waals surface area contributed by atoms with Crippen LogP contribution in [0.4, 0.5) is 24.9 Å². The molecule has 0 bridgehead atoms. The molecule has 6 nitrogen and oxygen atoms in total. The molecule has 4 rings (SSSR count). The second-order valence-corrected chi connectivity index (χ2v) is 8.40. The van der Waals surface area contributed by atoms with Crippen molar-refractivity contribution in [1.82, 2.24) is 9.29 Å². The second kappa shape index (κ2) is 7.10. The van der Waals surface area contributed by atoms with Crippen LogP contribution in [0.25, 0.3) is 11.1 Å². The number of halogens is 3. The minimum atomic E-state index is -3.64. The molecule has 0 radical (unpaired) electrons. The van der Waals surface area contributed by atoms with E-state index in [4.69, 9.17) is 4.42 Å². The van der Waals surface area contributed by atoms with Crippen LogP contribution in [0.2, 0.25) is 0 Å². The van der Waals surface area contributed by atoms with E-state index >= 15 is 0 Å². The Kier molecular flexibility index (Phi) is 4.76. The van der Waals surface area contributed by atoms with E-state index < -0.39 is 27.5 Å². The summed E-state index contributed by atoms with van der Waals surface area (Å²) in [6, 6.07) is 5.84. The Bertz CT molecular complexity index is 1140. The van der Waals surface area contributed by atoms with Crippen LogP contribution in [0.3, 0.4) is 0 Å². The summed E-state index contributed by atoms with van der Waals surface area (Å²) in [6.07, 6.45) is 2.64. The van der Waals surface area contributed by atoms with Crippen molar-refractivity contribution in [2.24, 2.45) is 0 Å². The molecular weight excluding hydrogens is 395 g/mol. The lowest BCUT2D eigenvalue weighted by Gasteiger charge is -2.25. The number of sulfonamides is 1. The average Bonchev–Trinajstić information content (AvgIpc) is 3.11. The Morgan fingerprint density at radius 2 is 1.75 bits per heavy atom. The summed E-state index contributed by atoms with van der Waals surface area (Å²) in [5.74, 6) is -4.33. The van der Waals surface area contributed by atoms with Gasteiger partial charge in [0.25, 0.3) is 6.01 Å². The molecule has 3 aromatic rings. The normalized spacial score (nSPS) is 15.8. The van der Waals surface area contributed by atoms with E-state index in [0.717, 1.165) is 31.4 Å². The van der Waals surface area contributed by atoms with Crippen molar-refractivity contribution in [2.45, 2.75) is 24.2 Å². The summed E-state index contributed by atoms with van der Waals surface area (Å²) < 4.78 is 72.5. The number of hydrogen-bond donors (Lipinski definition) is 1. The maximum Gasteiger partial charge on any atom is 0.300 e. The number of hydrogen-bond acceptors (Lipinski definition) is 5. The van der Waals surface area contributed by atoms with Gasteiger partial charge in [0, 0.05) is 13.1 Å². The van der Waals surface area contributed by atoms with Gasteiger partial charge in [0.2, 0.25) is 10.0 Å². The summed E-state index contributed by atoms with van der Waals surface area (Å²) in [4.78, 5) is 4.16. The molecular formula is C18H16F3N3O3S. The molecule has 1 aliphatic rings. The van der Waals surface area contributed by atoms with E-state index in [1.807, 2.05) is 0 Å². The van der Waals surface area contributed by atoms with Crippen LogP contribution in [-0.2, 0) is 10.0 Å². The number of piperidine rings is 1. The van der Waals surface area contributed by atoms with Crippen molar-refractivity contribution in [3.8, 4) is 0 Å². The molecule has 10 heteroatoms. The molecule has 1 saturated heterocycles. The van der Waals surface area contributed by atoms with Gasteiger partial charge in [-0.15, -0.1) is 0 Å². The molecule has 0 spiro atoms. The number of benzene rings is 2. The topological polar surface area (TPSA) is 75.4 Å². The molecule has 0 atom stereocenters. The molecule has 0 amide bonds. The van der Waals surface area contributed by atoms with Crippen LogP contribution in [0.1, 0.15) is 19.3 Å². The lowest BCUT2D eigenvalue weighted by atomic mass is 10.2. The van der Waals surface area contributed by atoms with E-state index in [9.17, 15) is 21.6 Å². The van der Waals surface area contributed by atoms with Crippen molar-refractivity contribution >= 4 is 32.8 Å². The lowest BCUT2D eigenvalue weighted by Crippen LogP contribution is -2.35. The molecule has 148 valence electrons. The highest BCUT2D eigenvalue weighted by Gasteiger charge is 2.26. The van der Waals surface area contributed by atoms with Crippen molar-refractivity contribution in [2.75, 3.05) is 18.4 Å². The predicted octanol–water partition coefficient (Wildman–Crippen LogP) is 4.16. The van der Waals surface area contributed by atoms with Gasteiger partial charge in [-0.05, 0) is 43.2 Å². The highest BCUT2D eigenvalue weighted by atomic mass is 32.2. The van der Waals surface area contributed by atoms with Gasteiger partial charge in [0.05, 0.1) is 10.6 Å². The van der Waals surface area contributed by atoms with Gasteiger partial charge in [-0.25, -0.2) is 21.6 Å². The summed E-state index contributed by atoms with van der Waals surface area (Å²) >= 11 is 0. The maximum atomic E-state index is 13.8. The first-order valence-electron chi connectivity index (χ1n) is 8.67. The molecule has 1 N–H and O–H groups in total. The van der Waals surface area contributed by atoms with Gasteiger partial charge in [0.1, 0.15) is 5.52 Å².